The number of carbonyl (C=O) groups excluding carboxylic acids is 1. The van der Waals surface area contributed by atoms with Crippen LogP contribution in [0.1, 0.15) is 37.6 Å². The first-order chi connectivity index (χ1) is 7.69. The van der Waals surface area contributed by atoms with E-state index < -0.39 is 0 Å². The zero-order chi connectivity index (χ0) is 12.0. The summed E-state index contributed by atoms with van der Waals surface area (Å²) < 4.78 is 0. The van der Waals surface area contributed by atoms with E-state index in [0.29, 0.717) is 11.4 Å². The standard InChI is InChI=1S/C12H19N3O/c1-4-9(3)15-12(16)10-7-6-8-14-11(10)13-5-2/h6-9H,4-5H2,1-3H3,(H,13,14)(H,15,16). The fourth-order valence-corrected chi connectivity index (χ4v) is 1.30. The lowest BCUT2D eigenvalue weighted by molar-refractivity contribution is 0.0940. The Bertz CT molecular complexity index is 352. The van der Waals surface area contributed by atoms with E-state index in [-0.39, 0.29) is 11.9 Å². The van der Waals surface area contributed by atoms with Gasteiger partial charge in [-0.25, -0.2) is 4.98 Å². The molecule has 0 spiro atoms. The van der Waals surface area contributed by atoms with Crippen molar-refractivity contribution in [3.63, 3.8) is 0 Å². The van der Waals surface area contributed by atoms with Gasteiger partial charge in [-0.3, -0.25) is 4.79 Å². The number of carbonyl (C=O) groups is 1. The van der Waals surface area contributed by atoms with E-state index in [0.717, 1.165) is 13.0 Å². The molecule has 0 saturated carbocycles. The minimum absolute atomic E-state index is 0.0709. The number of amides is 1. The molecule has 0 saturated heterocycles. The van der Waals surface area contributed by atoms with Crippen LogP contribution in [-0.4, -0.2) is 23.5 Å². The minimum Gasteiger partial charge on any atom is -0.370 e. The Balaban J connectivity index is 2.81. The van der Waals surface area contributed by atoms with Gasteiger partial charge in [0.25, 0.3) is 5.91 Å². The van der Waals surface area contributed by atoms with Gasteiger partial charge in [0.1, 0.15) is 5.82 Å². The van der Waals surface area contributed by atoms with Crippen molar-refractivity contribution in [1.82, 2.24) is 10.3 Å². The molecule has 2 N–H and O–H groups in total. The summed E-state index contributed by atoms with van der Waals surface area (Å²) in [6.45, 7) is 6.76. The van der Waals surface area contributed by atoms with Gasteiger partial charge in [0.2, 0.25) is 0 Å². The number of anilines is 1. The molecule has 1 amide bonds. The Labute approximate surface area is 96.5 Å². The molecule has 1 atom stereocenters. The molecule has 1 unspecified atom stereocenters. The predicted octanol–water partition coefficient (Wildman–Crippen LogP) is 2.04. The zero-order valence-electron chi connectivity index (χ0n) is 10.1. The fourth-order valence-electron chi connectivity index (χ4n) is 1.30. The fraction of sp³-hybridized carbons (Fsp3) is 0.500. The van der Waals surface area contributed by atoms with E-state index in [2.05, 4.69) is 15.6 Å². The highest BCUT2D eigenvalue weighted by Gasteiger charge is 2.12. The predicted molar refractivity (Wildman–Crippen MR) is 65.6 cm³/mol. The van der Waals surface area contributed by atoms with Crippen LogP contribution in [0.25, 0.3) is 0 Å². The summed E-state index contributed by atoms with van der Waals surface area (Å²) in [5, 5.41) is 6.00. The highest BCUT2D eigenvalue weighted by molar-refractivity contribution is 5.98. The minimum atomic E-state index is -0.0709. The molecule has 1 aromatic heterocycles. The highest BCUT2D eigenvalue weighted by atomic mass is 16.1. The van der Waals surface area contributed by atoms with Crippen LogP contribution in [0.2, 0.25) is 0 Å². The Morgan fingerprint density at radius 2 is 2.25 bits per heavy atom. The van der Waals surface area contributed by atoms with Crippen LogP contribution in [0.5, 0.6) is 0 Å². The number of rotatable bonds is 5. The van der Waals surface area contributed by atoms with Crippen LogP contribution < -0.4 is 10.6 Å². The van der Waals surface area contributed by atoms with Gasteiger partial charge >= 0.3 is 0 Å². The average molecular weight is 221 g/mol. The van der Waals surface area contributed by atoms with Gasteiger partial charge in [0.05, 0.1) is 5.56 Å². The maximum atomic E-state index is 11.9. The van der Waals surface area contributed by atoms with Crippen molar-refractivity contribution in [2.45, 2.75) is 33.2 Å². The van der Waals surface area contributed by atoms with E-state index >= 15 is 0 Å². The number of nitrogens with zero attached hydrogens (tertiary/aromatic N) is 1. The van der Waals surface area contributed by atoms with Gasteiger partial charge in [-0.2, -0.15) is 0 Å². The molecule has 0 aliphatic heterocycles. The second kappa shape index (κ2) is 6.10. The summed E-state index contributed by atoms with van der Waals surface area (Å²) in [5.74, 6) is 0.573. The zero-order valence-corrected chi connectivity index (χ0v) is 10.1. The van der Waals surface area contributed by atoms with Gasteiger partial charge in [-0.15, -0.1) is 0 Å². The topological polar surface area (TPSA) is 54.0 Å². The van der Waals surface area contributed by atoms with Gasteiger partial charge in [0, 0.05) is 18.8 Å². The molecule has 0 bridgehead atoms. The maximum Gasteiger partial charge on any atom is 0.255 e. The summed E-state index contributed by atoms with van der Waals surface area (Å²) in [6.07, 6.45) is 2.60. The van der Waals surface area contributed by atoms with Gasteiger partial charge in [0.15, 0.2) is 0 Å². The Hall–Kier alpha value is -1.58. The van der Waals surface area contributed by atoms with Crippen molar-refractivity contribution >= 4 is 11.7 Å². The van der Waals surface area contributed by atoms with Crippen LogP contribution in [-0.2, 0) is 0 Å². The van der Waals surface area contributed by atoms with E-state index in [9.17, 15) is 4.79 Å². The number of pyridine rings is 1. The molecule has 0 aliphatic carbocycles. The summed E-state index contributed by atoms with van der Waals surface area (Å²) in [5.41, 5.74) is 0.602. The Kier molecular flexibility index (Phi) is 4.76. The lowest BCUT2D eigenvalue weighted by Gasteiger charge is -2.13. The van der Waals surface area contributed by atoms with E-state index in [1.165, 1.54) is 0 Å². The molecule has 0 aliphatic rings. The van der Waals surface area contributed by atoms with Gasteiger partial charge in [-0.1, -0.05) is 6.92 Å². The molecule has 4 nitrogen and oxygen atoms in total. The quantitative estimate of drug-likeness (QED) is 0.800. The molecule has 4 heteroatoms. The normalized spacial score (nSPS) is 11.9. The second-order valence-corrected chi connectivity index (χ2v) is 3.71. The average Bonchev–Trinajstić information content (AvgIpc) is 2.30. The Morgan fingerprint density at radius 1 is 1.50 bits per heavy atom. The van der Waals surface area contributed by atoms with Gasteiger partial charge < -0.3 is 10.6 Å². The Morgan fingerprint density at radius 3 is 2.88 bits per heavy atom. The molecule has 0 radical (unpaired) electrons. The lowest BCUT2D eigenvalue weighted by atomic mass is 10.2. The third-order valence-corrected chi connectivity index (χ3v) is 2.39. The number of aromatic nitrogens is 1. The molecule has 0 fully saturated rings. The summed E-state index contributed by atoms with van der Waals surface area (Å²) >= 11 is 0. The van der Waals surface area contributed by atoms with Crippen molar-refractivity contribution in [1.29, 1.82) is 0 Å². The molecular formula is C12H19N3O. The third-order valence-electron chi connectivity index (χ3n) is 2.39. The molecule has 1 aromatic rings. The molecule has 88 valence electrons. The van der Waals surface area contributed by atoms with Crippen LogP contribution in [0.3, 0.4) is 0 Å². The van der Waals surface area contributed by atoms with Crippen molar-refractivity contribution in [2.75, 3.05) is 11.9 Å². The van der Waals surface area contributed by atoms with Crippen molar-refractivity contribution < 1.29 is 4.79 Å². The first kappa shape index (κ1) is 12.5. The summed E-state index contributed by atoms with van der Waals surface area (Å²) in [7, 11) is 0. The van der Waals surface area contributed by atoms with Crippen molar-refractivity contribution in [2.24, 2.45) is 0 Å². The molecule has 1 rings (SSSR count). The van der Waals surface area contributed by atoms with Crippen LogP contribution in [0.4, 0.5) is 5.82 Å². The van der Waals surface area contributed by atoms with E-state index in [4.69, 9.17) is 0 Å². The lowest BCUT2D eigenvalue weighted by Crippen LogP contribution is -2.32. The van der Waals surface area contributed by atoms with Crippen molar-refractivity contribution in [3.8, 4) is 0 Å². The summed E-state index contributed by atoms with van der Waals surface area (Å²) in [6, 6.07) is 3.73. The first-order valence-electron chi connectivity index (χ1n) is 5.68. The monoisotopic (exact) mass is 221 g/mol. The third kappa shape index (κ3) is 3.22. The van der Waals surface area contributed by atoms with Gasteiger partial charge in [-0.05, 0) is 32.4 Å². The molecule has 16 heavy (non-hydrogen) atoms. The van der Waals surface area contributed by atoms with Crippen molar-refractivity contribution in [3.05, 3.63) is 23.9 Å². The van der Waals surface area contributed by atoms with Crippen LogP contribution >= 0.6 is 0 Å². The van der Waals surface area contributed by atoms with E-state index in [1.54, 1.807) is 18.3 Å². The molecule has 0 aromatic carbocycles. The molecule has 1 heterocycles. The maximum absolute atomic E-state index is 11.9. The van der Waals surface area contributed by atoms with Crippen LogP contribution in [0, 0.1) is 0 Å². The number of nitrogens with one attached hydrogen (secondary N) is 2. The smallest absolute Gasteiger partial charge is 0.255 e. The highest BCUT2D eigenvalue weighted by Crippen LogP contribution is 2.11. The van der Waals surface area contributed by atoms with E-state index in [1.807, 2.05) is 20.8 Å². The first-order valence-corrected chi connectivity index (χ1v) is 5.68. The number of hydrogen-bond acceptors (Lipinski definition) is 3. The largest absolute Gasteiger partial charge is 0.370 e. The van der Waals surface area contributed by atoms with Crippen LogP contribution in [0.15, 0.2) is 18.3 Å². The molecular weight excluding hydrogens is 202 g/mol. The summed E-state index contributed by atoms with van der Waals surface area (Å²) in [4.78, 5) is 16.1. The second-order valence-electron chi connectivity index (χ2n) is 3.71. The number of hydrogen-bond donors (Lipinski definition) is 2. The SMILES string of the molecule is CCNc1ncccc1C(=O)NC(C)CC.